The lowest BCUT2D eigenvalue weighted by molar-refractivity contribution is 0.100. The first-order valence-corrected chi connectivity index (χ1v) is 5.51. The summed E-state index contributed by atoms with van der Waals surface area (Å²) in [6.07, 6.45) is 3.18. The zero-order chi connectivity index (χ0) is 13.4. The highest BCUT2D eigenvalue weighted by atomic mass is 16.1. The Kier molecular flexibility index (Phi) is 2.38. The number of benzene rings is 1. The molecule has 0 unspecified atom stereocenters. The summed E-state index contributed by atoms with van der Waals surface area (Å²) in [6.45, 7) is 0. The fraction of sp³-hybridized carbons (Fsp3) is 0. The summed E-state index contributed by atoms with van der Waals surface area (Å²) in [4.78, 5) is 23.2. The highest BCUT2D eigenvalue weighted by Gasteiger charge is 2.08. The molecule has 19 heavy (non-hydrogen) atoms. The molecule has 0 radical (unpaired) electrons. The van der Waals surface area contributed by atoms with E-state index < -0.39 is 5.91 Å². The van der Waals surface area contributed by atoms with E-state index in [1.807, 2.05) is 0 Å². The number of hydrogen-bond acceptors (Lipinski definition) is 5. The second-order valence-corrected chi connectivity index (χ2v) is 3.96. The summed E-state index contributed by atoms with van der Waals surface area (Å²) in [5.74, 6) is -0.281. The molecule has 2 heterocycles. The summed E-state index contributed by atoms with van der Waals surface area (Å²) >= 11 is 0. The van der Waals surface area contributed by atoms with E-state index in [0.717, 1.165) is 5.69 Å². The number of nitrogen functional groups attached to an aromatic ring is 1. The van der Waals surface area contributed by atoms with E-state index >= 15 is 0 Å². The number of primary amides is 1. The Hall–Kier alpha value is -2.96. The van der Waals surface area contributed by atoms with Gasteiger partial charge >= 0.3 is 0 Å². The number of anilines is 1. The molecule has 1 aromatic carbocycles. The molecule has 0 fully saturated rings. The molecule has 4 N–H and O–H groups in total. The third kappa shape index (κ3) is 1.86. The molecule has 7 nitrogen and oxygen atoms in total. The minimum absolute atomic E-state index is 0.183. The van der Waals surface area contributed by atoms with E-state index in [9.17, 15) is 4.79 Å². The predicted octanol–water partition coefficient (Wildman–Crippen LogP) is 0.497. The summed E-state index contributed by atoms with van der Waals surface area (Å²) in [5.41, 5.74) is 13.3. The summed E-state index contributed by atoms with van der Waals surface area (Å²) in [6, 6.07) is 6.82. The molecular weight excluding hydrogens is 244 g/mol. The summed E-state index contributed by atoms with van der Waals surface area (Å²) in [7, 11) is 0. The molecule has 0 aliphatic rings. The highest BCUT2D eigenvalue weighted by Crippen LogP contribution is 2.16. The number of carbonyl (C=O) groups is 1. The Morgan fingerprint density at radius 1 is 1.16 bits per heavy atom. The van der Waals surface area contributed by atoms with E-state index in [1.54, 1.807) is 41.4 Å². The molecule has 7 heteroatoms. The number of nitrogens with two attached hydrogens (primary N) is 2. The average molecular weight is 254 g/mol. The standard InChI is InChI=1S/C12H10N6O/c13-10(19)7-1-3-8(4-2-7)18-6-16-9-5-15-12(14)17-11(9)18/h1-6H,(H2,13,19)(H2,14,15,17). The second-order valence-electron chi connectivity index (χ2n) is 3.96. The first-order chi connectivity index (χ1) is 9.15. The molecule has 0 saturated heterocycles. The zero-order valence-corrected chi connectivity index (χ0v) is 9.82. The molecule has 0 aliphatic carbocycles. The maximum atomic E-state index is 11.0. The summed E-state index contributed by atoms with van der Waals surface area (Å²) in [5, 5.41) is 0. The van der Waals surface area contributed by atoms with E-state index in [0.29, 0.717) is 16.7 Å². The van der Waals surface area contributed by atoms with Crippen LogP contribution in [-0.2, 0) is 0 Å². The maximum absolute atomic E-state index is 11.0. The Bertz CT molecular complexity index is 761. The van der Waals surface area contributed by atoms with Crippen molar-refractivity contribution >= 4 is 23.0 Å². The first kappa shape index (κ1) is 11.1. The van der Waals surface area contributed by atoms with Crippen LogP contribution in [0.25, 0.3) is 16.9 Å². The van der Waals surface area contributed by atoms with Crippen molar-refractivity contribution in [3.05, 3.63) is 42.4 Å². The molecule has 0 saturated carbocycles. The van der Waals surface area contributed by atoms with Gasteiger partial charge < -0.3 is 11.5 Å². The molecule has 94 valence electrons. The third-order valence-corrected chi connectivity index (χ3v) is 2.74. The third-order valence-electron chi connectivity index (χ3n) is 2.74. The topological polar surface area (TPSA) is 113 Å². The number of fused-ring (bicyclic) bond motifs is 1. The first-order valence-electron chi connectivity index (χ1n) is 5.51. The van der Waals surface area contributed by atoms with Gasteiger partial charge in [-0.3, -0.25) is 9.36 Å². The van der Waals surface area contributed by atoms with Crippen LogP contribution in [0.4, 0.5) is 5.95 Å². The van der Waals surface area contributed by atoms with Crippen LogP contribution in [0.15, 0.2) is 36.8 Å². The molecule has 0 spiro atoms. The van der Waals surface area contributed by atoms with E-state index in [1.165, 1.54) is 0 Å². The van der Waals surface area contributed by atoms with Gasteiger partial charge in [0.15, 0.2) is 5.65 Å². The van der Waals surface area contributed by atoms with Crippen molar-refractivity contribution in [2.75, 3.05) is 5.73 Å². The smallest absolute Gasteiger partial charge is 0.248 e. The Labute approximate surface area is 107 Å². The normalized spacial score (nSPS) is 10.7. The molecular formula is C12H10N6O. The number of amides is 1. The van der Waals surface area contributed by atoms with E-state index in [2.05, 4.69) is 15.0 Å². The number of carbonyl (C=O) groups excluding carboxylic acids is 1. The van der Waals surface area contributed by atoms with Crippen molar-refractivity contribution < 1.29 is 4.79 Å². The largest absolute Gasteiger partial charge is 0.368 e. The maximum Gasteiger partial charge on any atom is 0.248 e. The van der Waals surface area contributed by atoms with Crippen LogP contribution < -0.4 is 11.5 Å². The number of rotatable bonds is 2. The van der Waals surface area contributed by atoms with Gasteiger partial charge in [0.2, 0.25) is 11.9 Å². The number of imidazole rings is 1. The Morgan fingerprint density at radius 2 is 1.89 bits per heavy atom. The van der Waals surface area contributed by atoms with Gasteiger partial charge in [0.25, 0.3) is 0 Å². The Morgan fingerprint density at radius 3 is 2.58 bits per heavy atom. The van der Waals surface area contributed by atoms with Crippen molar-refractivity contribution in [2.24, 2.45) is 5.73 Å². The van der Waals surface area contributed by atoms with Gasteiger partial charge in [0, 0.05) is 11.3 Å². The number of nitrogens with zero attached hydrogens (tertiary/aromatic N) is 4. The van der Waals surface area contributed by atoms with Crippen LogP contribution in [-0.4, -0.2) is 25.4 Å². The molecule has 0 aliphatic heterocycles. The summed E-state index contributed by atoms with van der Waals surface area (Å²) < 4.78 is 1.76. The molecule has 0 bridgehead atoms. The van der Waals surface area contributed by atoms with E-state index in [4.69, 9.17) is 11.5 Å². The molecule has 1 amide bonds. The number of hydrogen-bond donors (Lipinski definition) is 2. The fourth-order valence-electron chi connectivity index (χ4n) is 1.80. The van der Waals surface area contributed by atoms with Crippen LogP contribution in [0, 0.1) is 0 Å². The average Bonchev–Trinajstić information content (AvgIpc) is 2.81. The van der Waals surface area contributed by atoms with Gasteiger partial charge in [0.05, 0.1) is 6.20 Å². The van der Waals surface area contributed by atoms with Crippen molar-refractivity contribution in [1.82, 2.24) is 19.5 Å². The highest BCUT2D eigenvalue weighted by molar-refractivity contribution is 5.93. The van der Waals surface area contributed by atoms with Crippen LogP contribution >= 0.6 is 0 Å². The second kappa shape index (κ2) is 4.05. The molecule has 2 aromatic heterocycles. The monoisotopic (exact) mass is 254 g/mol. The number of aromatic nitrogens is 4. The van der Waals surface area contributed by atoms with Gasteiger partial charge in [-0.05, 0) is 24.3 Å². The molecule has 0 atom stereocenters. The molecule has 3 rings (SSSR count). The minimum Gasteiger partial charge on any atom is -0.368 e. The van der Waals surface area contributed by atoms with Gasteiger partial charge in [0.1, 0.15) is 11.8 Å². The minimum atomic E-state index is -0.464. The van der Waals surface area contributed by atoms with Crippen molar-refractivity contribution in [3.63, 3.8) is 0 Å². The van der Waals surface area contributed by atoms with Crippen molar-refractivity contribution in [3.8, 4) is 5.69 Å². The van der Waals surface area contributed by atoms with Gasteiger partial charge in [-0.1, -0.05) is 0 Å². The predicted molar refractivity (Wildman–Crippen MR) is 69.6 cm³/mol. The van der Waals surface area contributed by atoms with Crippen molar-refractivity contribution in [2.45, 2.75) is 0 Å². The lowest BCUT2D eigenvalue weighted by Gasteiger charge is -2.04. The SMILES string of the molecule is NC(=O)c1ccc(-n2cnc3cnc(N)nc32)cc1. The zero-order valence-electron chi connectivity index (χ0n) is 9.82. The van der Waals surface area contributed by atoms with Crippen LogP contribution in [0.3, 0.4) is 0 Å². The quantitative estimate of drug-likeness (QED) is 0.691. The molecule has 3 aromatic rings. The van der Waals surface area contributed by atoms with Gasteiger partial charge in [-0.25, -0.2) is 9.97 Å². The van der Waals surface area contributed by atoms with Crippen molar-refractivity contribution in [1.29, 1.82) is 0 Å². The lowest BCUT2D eigenvalue weighted by Crippen LogP contribution is -2.10. The Balaban J connectivity index is 2.13. The van der Waals surface area contributed by atoms with Crippen LogP contribution in [0.1, 0.15) is 10.4 Å². The van der Waals surface area contributed by atoms with Gasteiger partial charge in [-0.2, -0.15) is 4.98 Å². The van der Waals surface area contributed by atoms with E-state index in [-0.39, 0.29) is 5.95 Å². The fourth-order valence-corrected chi connectivity index (χ4v) is 1.80. The van der Waals surface area contributed by atoms with Crippen LogP contribution in [0.2, 0.25) is 0 Å². The van der Waals surface area contributed by atoms with Crippen LogP contribution in [0.5, 0.6) is 0 Å². The van der Waals surface area contributed by atoms with Gasteiger partial charge in [-0.15, -0.1) is 0 Å². The lowest BCUT2D eigenvalue weighted by atomic mass is 10.2.